The molecule has 0 fully saturated rings. The zero-order chi connectivity index (χ0) is 23.8. The Morgan fingerprint density at radius 3 is 2.39 bits per heavy atom. The lowest BCUT2D eigenvalue weighted by atomic mass is 10.2. The highest BCUT2D eigenvalue weighted by atomic mass is 19.4. The summed E-state index contributed by atoms with van der Waals surface area (Å²) in [4.78, 5) is 12.9. The highest BCUT2D eigenvalue weighted by molar-refractivity contribution is 6.03. The van der Waals surface area contributed by atoms with Crippen LogP contribution >= 0.6 is 0 Å². The summed E-state index contributed by atoms with van der Waals surface area (Å²) in [5.41, 5.74) is 5.30. The van der Waals surface area contributed by atoms with Crippen LogP contribution in [-0.4, -0.2) is 41.7 Å². The van der Waals surface area contributed by atoms with Crippen molar-refractivity contribution >= 4 is 17.4 Å². The molecule has 0 radical (unpaired) electrons. The highest BCUT2D eigenvalue weighted by Crippen LogP contribution is 2.30. The molecule has 0 bridgehead atoms. The van der Waals surface area contributed by atoms with E-state index in [9.17, 15) is 18.0 Å². The Morgan fingerprint density at radius 2 is 1.79 bits per heavy atom. The average molecular weight is 455 g/mol. The molecule has 0 saturated carbocycles. The number of nitrogens with two attached hydrogens (primary N) is 1. The number of carbonyl (C=O) groups is 1. The molecule has 0 saturated heterocycles. The third kappa shape index (κ3) is 4.42. The zero-order valence-electron chi connectivity index (χ0n) is 17.0. The molecular weight excluding hydrogens is 439 g/mol. The molecule has 4 N–H and O–H groups in total. The molecule has 0 aliphatic heterocycles. The molecule has 10 nitrogen and oxygen atoms in total. The molecule has 0 atom stereocenters. The summed E-state index contributed by atoms with van der Waals surface area (Å²) in [5.74, 6) is -0.523. The van der Waals surface area contributed by atoms with E-state index < -0.39 is 17.8 Å². The standard InChI is InChI=1S/C20H16F3N9O/c1-11-27-29-30-31(11)14-7-5-13(6-8-14)26-19(33)16-10-17(20(21,22)23)28-32(16)15-4-2-3-12(9-15)18(24)25/h2-10H,1H3,(H3,24,25)(H,26,33). The van der Waals surface area contributed by atoms with Crippen LogP contribution in [0.25, 0.3) is 11.4 Å². The number of amides is 1. The number of tetrazole rings is 1. The van der Waals surface area contributed by atoms with Crippen LogP contribution in [0.2, 0.25) is 0 Å². The van der Waals surface area contributed by atoms with Crippen molar-refractivity contribution in [2.24, 2.45) is 5.73 Å². The fourth-order valence-corrected chi connectivity index (χ4v) is 3.03. The molecule has 2 aromatic carbocycles. The minimum absolute atomic E-state index is 0.146. The van der Waals surface area contributed by atoms with E-state index in [1.54, 1.807) is 31.2 Å². The van der Waals surface area contributed by atoms with Crippen LogP contribution in [-0.2, 0) is 6.18 Å². The van der Waals surface area contributed by atoms with Gasteiger partial charge in [0.25, 0.3) is 5.91 Å². The van der Waals surface area contributed by atoms with Crippen LogP contribution in [0.1, 0.15) is 27.6 Å². The Morgan fingerprint density at radius 1 is 1.06 bits per heavy atom. The summed E-state index contributed by atoms with van der Waals surface area (Å²) < 4.78 is 42.3. The van der Waals surface area contributed by atoms with Crippen molar-refractivity contribution in [2.45, 2.75) is 13.1 Å². The second-order valence-corrected chi connectivity index (χ2v) is 6.93. The number of nitrogens with zero attached hydrogens (tertiary/aromatic N) is 6. The first-order valence-corrected chi connectivity index (χ1v) is 9.42. The van der Waals surface area contributed by atoms with Crippen molar-refractivity contribution < 1.29 is 18.0 Å². The van der Waals surface area contributed by atoms with Gasteiger partial charge < -0.3 is 11.1 Å². The third-order valence-electron chi connectivity index (χ3n) is 4.63. The Balaban J connectivity index is 1.67. The molecule has 2 aromatic heterocycles. The first-order chi connectivity index (χ1) is 15.6. The van der Waals surface area contributed by atoms with Crippen molar-refractivity contribution in [3.05, 3.63) is 77.4 Å². The van der Waals surface area contributed by atoms with Gasteiger partial charge in [0.2, 0.25) is 0 Å². The minimum atomic E-state index is -4.76. The summed E-state index contributed by atoms with van der Waals surface area (Å²) >= 11 is 0. The lowest BCUT2D eigenvalue weighted by Crippen LogP contribution is -2.18. The molecular formula is C20H16F3N9O. The lowest BCUT2D eigenvalue weighted by Gasteiger charge is -2.10. The van der Waals surface area contributed by atoms with Crippen LogP contribution in [0.5, 0.6) is 0 Å². The Kier molecular flexibility index (Phi) is 5.37. The number of rotatable bonds is 5. The number of benzene rings is 2. The quantitative estimate of drug-likeness (QED) is 0.312. The van der Waals surface area contributed by atoms with Gasteiger partial charge in [0.05, 0.1) is 11.4 Å². The van der Waals surface area contributed by atoms with Crippen molar-refractivity contribution in [1.82, 2.24) is 30.0 Å². The number of anilines is 1. The Bertz CT molecular complexity index is 1340. The summed E-state index contributed by atoms with van der Waals surface area (Å²) in [6.45, 7) is 1.72. The summed E-state index contributed by atoms with van der Waals surface area (Å²) in [7, 11) is 0. The van der Waals surface area contributed by atoms with Gasteiger partial charge in [0, 0.05) is 17.3 Å². The summed E-state index contributed by atoms with van der Waals surface area (Å²) in [6.07, 6.45) is -4.76. The molecule has 4 rings (SSSR count). The number of nitrogen functional groups attached to an aromatic ring is 1. The molecule has 13 heteroatoms. The van der Waals surface area contributed by atoms with Crippen molar-refractivity contribution in [3.8, 4) is 11.4 Å². The lowest BCUT2D eigenvalue weighted by molar-refractivity contribution is -0.141. The van der Waals surface area contributed by atoms with E-state index in [4.69, 9.17) is 11.1 Å². The molecule has 0 spiro atoms. The van der Waals surface area contributed by atoms with Gasteiger partial charge in [-0.15, -0.1) is 5.10 Å². The predicted molar refractivity (Wildman–Crippen MR) is 111 cm³/mol. The monoisotopic (exact) mass is 455 g/mol. The number of hydrogen-bond donors (Lipinski definition) is 3. The number of hydrogen-bond acceptors (Lipinski definition) is 6. The molecule has 0 aliphatic carbocycles. The molecule has 1 amide bonds. The number of alkyl halides is 3. The van der Waals surface area contributed by atoms with Crippen LogP contribution in [0, 0.1) is 12.3 Å². The van der Waals surface area contributed by atoms with Gasteiger partial charge >= 0.3 is 6.18 Å². The number of aryl methyl sites for hydroxylation is 1. The maximum Gasteiger partial charge on any atom is 0.435 e. The largest absolute Gasteiger partial charge is 0.435 e. The first-order valence-electron chi connectivity index (χ1n) is 9.42. The average Bonchev–Trinajstić information content (AvgIpc) is 3.41. The van der Waals surface area contributed by atoms with Crippen molar-refractivity contribution in [3.63, 3.8) is 0 Å². The van der Waals surface area contributed by atoms with E-state index >= 15 is 0 Å². The smallest absolute Gasteiger partial charge is 0.384 e. The fraction of sp³-hybridized carbons (Fsp3) is 0.100. The second-order valence-electron chi connectivity index (χ2n) is 6.93. The predicted octanol–water partition coefficient (Wildman–Crippen LogP) is 2.71. The van der Waals surface area contributed by atoms with E-state index in [1.807, 2.05) is 0 Å². The van der Waals surface area contributed by atoms with E-state index in [2.05, 4.69) is 25.9 Å². The molecule has 2 heterocycles. The van der Waals surface area contributed by atoms with E-state index in [0.717, 1.165) is 4.68 Å². The van der Waals surface area contributed by atoms with Gasteiger partial charge in [-0.2, -0.15) is 23.0 Å². The number of amidine groups is 1. The topological polar surface area (TPSA) is 140 Å². The van der Waals surface area contributed by atoms with E-state index in [-0.39, 0.29) is 22.8 Å². The molecule has 33 heavy (non-hydrogen) atoms. The van der Waals surface area contributed by atoms with Crippen LogP contribution < -0.4 is 11.1 Å². The molecule has 0 aliphatic rings. The van der Waals surface area contributed by atoms with Gasteiger partial charge in [0.1, 0.15) is 11.5 Å². The normalized spacial score (nSPS) is 11.4. The van der Waals surface area contributed by atoms with Gasteiger partial charge in [0.15, 0.2) is 11.5 Å². The van der Waals surface area contributed by atoms with Gasteiger partial charge in [-0.25, -0.2) is 4.68 Å². The maximum absolute atomic E-state index is 13.3. The van der Waals surface area contributed by atoms with Crippen LogP contribution in [0.15, 0.2) is 54.6 Å². The zero-order valence-corrected chi connectivity index (χ0v) is 17.0. The number of nitrogens with one attached hydrogen (secondary N) is 2. The van der Waals surface area contributed by atoms with Gasteiger partial charge in [-0.05, 0) is 53.7 Å². The van der Waals surface area contributed by atoms with Gasteiger partial charge in [-0.1, -0.05) is 12.1 Å². The van der Waals surface area contributed by atoms with Crippen molar-refractivity contribution in [2.75, 3.05) is 5.32 Å². The van der Waals surface area contributed by atoms with Crippen LogP contribution in [0.3, 0.4) is 0 Å². The SMILES string of the molecule is Cc1nnnn1-c1ccc(NC(=O)c2cc(C(F)(F)F)nn2-c2cccc(C(=N)N)c2)cc1. The van der Waals surface area contributed by atoms with E-state index in [1.165, 1.54) is 28.9 Å². The molecule has 4 aromatic rings. The fourth-order valence-electron chi connectivity index (χ4n) is 3.03. The second kappa shape index (κ2) is 8.18. The summed E-state index contributed by atoms with van der Waals surface area (Å²) in [5, 5.41) is 24.9. The Labute approximate surface area is 184 Å². The molecule has 0 unspecified atom stereocenters. The molecule has 168 valence electrons. The first kappa shape index (κ1) is 21.7. The van der Waals surface area contributed by atoms with Gasteiger partial charge in [-0.3, -0.25) is 10.2 Å². The van der Waals surface area contributed by atoms with Crippen molar-refractivity contribution in [1.29, 1.82) is 5.41 Å². The minimum Gasteiger partial charge on any atom is -0.384 e. The number of halogens is 3. The summed E-state index contributed by atoms with van der Waals surface area (Å²) in [6, 6.07) is 12.9. The number of aromatic nitrogens is 6. The highest BCUT2D eigenvalue weighted by Gasteiger charge is 2.36. The maximum atomic E-state index is 13.3. The van der Waals surface area contributed by atoms with E-state index in [0.29, 0.717) is 23.3 Å². The third-order valence-corrected chi connectivity index (χ3v) is 4.63. The number of carbonyl (C=O) groups excluding carboxylic acids is 1. The Hall–Kier alpha value is -4.55. The van der Waals surface area contributed by atoms with Crippen LogP contribution in [0.4, 0.5) is 18.9 Å².